The first kappa shape index (κ1) is 29.0. The normalized spacial score (nSPS) is 15.1. The van der Waals surface area contributed by atoms with Crippen LogP contribution in [-0.4, -0.2) is 86.0 Å². The number of rotatable bonds is 15. The fourth-order valence-corrected chi connectivity index (χ4v) is 2.81. The number of nitrogens with zero attached hydrogens (tertiary/aromatic N) is 1. The highest BCUT2D eigenvalue weighted by atomic mass is 16.4. The number of aliphatic hydroxyl groups excluding tert-OH is 1. The van der Waals surface area contributed by atoms with Crippen LogP contribution in [0.2, 0.25) is 0 Å². The quantitative estimate of drug-likeness (QED) is 0.111. The lowest BCUT2D eigenvalue weighted by atomic mass is 10.1. The topological polar surface area (TPSA) is 286 Å². The van der Waals surface area contributed by atoms with E-state index in [9.17, 15) is 39.0 Å². The van der Waals surface area contributed by atoms with Crippen molar-refractivity contribution < 1.29 is 39.0 Å². The van der Waals surface area contributed by atoms with E-state index < -0.39 is 72.2 Å². The predicted octanol–water partition coefficient (Wildman–Crippen LogP) is -4.66. The third-order valence-corrected chi connectivity index (χ3v) is 4.77. The van der Waals surface area contributed by atoms with Crippen molar-refractivity contribution in [1.82, 2.24) is 25.9 Å². The van der Waals surface area contributed by atoms with Crippen molar-refractivity contribution in [2.45, 2.75) is 62.9 Å². The maximum Gasteiger partial charge on any atom is 0.326 e. The molecular weight excluding hydrogens is 468 g/mol. The zero-order valence-electron chi connectivity index (χ0n) is 18.9. The van der Waals surface area contributed by atoms with E-state index in [0.29, 0.717) is 5.69 Å². The number of imidazole rings is 1. The summed E-state index contributed by atoms with van der Waals surface area (Å²) < 4.78 is 0. The molecule has 0 bridgehead atoms. The highest BCUT2D eigenvalue weighted by molar-refractivity contribution is 5.95. The Morgan fingerprint density at radius 1 is 0.971 bits per heavy atom. The van der Waals surface area contributed by atoms with E-state index in [-0.39, 0.29) is 19.3 Å². The van der Waals surface area contributed by atoms with Gasteiger partial charge in [-0.15, -0.1) is 0 Å². The molecular formula is C19H30N8O8. The Labute approximate surface area is 199 Å². The Morgan fingerprint density at radius 2 is 1.54 bits per heavy atom. The van der Waals surface area contributed by atoms with Crippen LogP contribution < -0.4 is 33.2 Å². The number of primary amides is 2. The first-order valence-corrected chi connectivity index (χ1v) is 10.4. The third kappa shape index (κ3) is 10.2. The molecule has 0 saturated heterocycles. The number of nitrogens with one attached hydrogen (secondary N) is 4. The van der Waals surface area contributed by atoms with Gasteiger partial charge in [0.15, 0.2) is 0 Å². The van der Waals surface area contributed by atoms with E-state index in [1.54, 1.807) is 0 Å². The number of hydrogen-bond donors (Lipinski definition) is 9. The zero-order valence-corrected chi connectivity index (χ0v) is 18.9. The van der Waals surface area contributed by atoms with Gasteiger partial charge in [0.25, 0.3) is 0 Å². The zero-order chi connectivity index (χ0) is 26.7. The number of aromatic nitrogens is 2. The van der Waals surface area contributed by atoms with Gasteiger partial charge in [-0.25, -0.2) is 9.78 Å². The van der Waals surface area contributed by atoms with E-state index in [1.165, 1.54) is 19.4 Å². The average molecular weight is 498 g/mol. The van der Waals surface area contributed by atoms with Crippen LogP contribution in [0, 0.1) is 0 Å². The number of H-pyrrole nitrogens is 1. The summed E-state index contributed by atoms with van der Waals surface area (Å²) in [5, 5.41) is 25.5. The molecule has 194 valence electrons. The summed E-state index contributed by atoms with van der Waals surface area (Å²) in [4.78, 5) is 78.3. The number of carboxylic acid groups (broad SMARTS) is 1. The lowest BCUT2D eigenvalue weighted by Crippen LogP contribution is -2.58. The molecule has 0 radical (unpaired) electrons. The van der Waals surface area contributed by atoms with Crippen molar-refractivity contribution >= 4 is 35.5 Å². The van der Waals surface area contributed by atoms with Gasteiger partial charge in [0.2, 0.25) is 29.5 Å². The summed E-state index contributed by atoms with van der Waals surface area (Å²) in [6.07, 6.45) is -0.00123. The standard InChI is InChI=1S/C19H30N8O8/c1-8(28)15(22)18(33)25-10(2-3-13(20)29)16(31)26-11(4-9-6-23-7-24-9)17(32)27-12(19(34)35)5-14(21)30/h6-8,10-12,15,28H,2-5,22H2,1H3,(H2,20,29)(H2,21,30)(H,23,24)(H,25,33)(H,26,31)(H,27,32)(H,34,35). The Hall–Kier alpha value is -4.05. The summed E-state index contributed by atoms with van der Waals surface area (Å²) >= 11 is 0. The van der Waals surface area contributed by atoms with Gasteiger partial charge in [-0.3, -0.25) is 24.0 Å². The van der Waals surface area contributed by atoms with Crippen molar-refractivity contribution in [1.29, 1.82) is 0 Å². The third-order valence-electron chi connectivity index (χ3n) is 4.77. The second kappa shape index (κ2) is 13.6. The van der Waals surface area contributed by atoms with E-state index >= 15 is 0 Å². The monoisotopic (exact) mass is 498 g/mol. The first-order valence-electron chi connectivity index (χ1n) is 10.4. The van der Waals surface area contributed by atoms with Crippen LogP contribution >= 0.6 is 0 Å². The Morgan fingerprint density at radius 3 is 2.03 bits per heavy atom. The van der Waals surface area contributed by atoms with Gasteiger partial charge in [-0.2, -0.15) is 0 Å². The SMILES string of the molecule is CC(O)C(N)C(=O)NC(CCC(N)=O)C(=O)NC(Cc1cnc[nH]1)C(=O)NC(CC(N)=O)C(=O)O. The second-order valence-corrected chi connectivity index (χ2v) is 7.74. The molecule has 1 rings (SSSR count). The molecule has 16 heteroatoms. The number of hydrogen-bond acceptors (Lipinski definition) is 9. The maximum atomic E-state index is 12.9. The summed E-state index contributed by atoms with van der Waals surface area (Å²) in [6, 6.07) is -5.81. The van der Waals surface area contributed by atoms with E-state index in [2.05, 4.69) is 25.9 Å². The molecule has 0 aromatic carbocycles. The molecule has 5 amide bonds. The summed E-state index contributed by atoms with van der Waals surface area (Å²) in [6.45, 7) is 1.26. The molecule has 16 nitrogen and oxygen atoms in total. The Balaban J connectivity index is 3.11. The van der Waals surface area contributed by atoms with E-state index in [1.807, 2.05) is 0 Å². The average Bonchev–Trinajstić information content (AvgIpc) is 3.27. The molecule has 1 heterocycles. The highest BCUT2D eigenvalue weighted by Gasteiger charge is 2.32. The Kier molecular flexibility index (Phi) is 11.3. The minimum Gasteiger partial charge on any atom is -0.480 e. The summed E-state index contributed by atoms with van der Waals surface area (Å²) in [7, 11) is 0. The van der Waals surface area contributed by atoms with Gasteiger partial charge >= 0.3 is 5.97 Å². The van der Waals surface area contributed by atoms with Crippen molar-refractivity contribution in [3.05, 3.63) is 18.2 Å². The fourth-order valence-electron chi connectivity index (χ4n) is 2.81. The largest absolute Gasteiger partial charge is 0.480 e. The van der Waals surface area contributed by atoms with Gasteiger partial charge in [-0.05, 0) is 13.3 Å². The molecule has 1 aromatic rings. The highest BCUT2D eigenvalue weighted by Crippen LogP contribution is 2.05. The number of nitrogens with two attached hydrogens (primary N) is 3. The summed E-state index contributed by atoms with van der Waals surface area (Å²) in [5.41, 5.74) is 16.1. The van der Waals surface area contributed by atoms with Gasteiger partial charge < -0.3 is 48.3 Å². The molecule has 0 spiro atoms. The molecule has 0 aliphatic heterocycles. The maximum absolute atomic E-state index is 12.9. The fraction of sp³-hybridized carbons (Fsp3) is 0.526. The van der Waals surface area contributed by atoms with Crippen LogP contribution in [0.25, 0.3) is 0 Å². The van der Waals surface area contributed by atoms with Gasteiger partial charge in [0.05, 0.1) is 18.9 Å². The van der Waals surface area contributed by atoms with Crippen LogP contribution in [-0.2, 0) is 35.2 Å². The Bertz CT molecular complexity index is 920. The molecule has 5 atom stereocenters. The second-order valence-electron chi connectivity index (χ2n) is 7.74. The van der Waals surface area contributed by atoms with Crippen molar-refractivity contribution in [2.75, 3.05) is 0 Å². The van der Waals surface area contributed by atoms with Crippen LogP contribution in [0.1, 0.15) is 31.9 Å². The minimum absolute atomic E-state index is 0.176. The number of aromatic amines is 1. The number of amides is 5. The van der Waals surface area contributed by atoms with Gasteiger partial charge in [0, 0.05) is 24.7 Å². The van der Waals surface area contributed by atoms with Crippen LogP contribution in [0.4, 0.5) is 0 Å². The predicted molar refractivity (Wildman–Crippen MR) is 118 cm³/mol. The lowest BCUT2D eigenvalue weighted by Gasteiger charge is -2.25. The van der Waals surface area contributed by atoms with E-state index in [0.717, 1.165) is 0 Å². The number of carbonyl (C=O) groups is 6. The van der Waals surface area contributed by atoms with Crippen molar-refractivity contribution in [3.63, 3.8) is 0 Å². The number of carbonyl (C=O) groups excluding carboxylic acids is 5. The molecule has 5 unspecified atom stereocenters. The van der Waals surface area contributed by atoms with E-state index in [4.69, 9.17) is 17.2 Å². The van der Waals surface area contributed by atoms with Crippen LogP contribution in [0.15, 0.2) is 12.5 Å². The van der Waals surface area contributed by atoms with Crippen LogP contribution in [0.5, 0.6) is 0 Å². The summed E-state index contributed by atoms with van der Waals surface area (Å²) in [5.74, 6) is -6.05. The van der Waals surface area contributed by atoms with Gasteiger partial charge in [-0.1, -0.05) is 0 Å². The van der Waals surface area contributed by atoms with Crippen LogP contribution in [0.3, 0.4) is 0 Å². The molecule has 0 fully saturated rings. The lowest BCUT2D eigenvalue weighted by molar-refractivity contribution is -0.143. The molecule has 0 aliphatic carbocycles. The molecule has 0 aliphatic rings. The minimum atomic E-state index is -1.66. The molecule has 0 saturated carbocycles. The number of carboxylic acids is 1. The number of aliphatic hydroxyl groups is 1. The smallest absolute Gasteiger partial charge is 0.326 e. The first-order chi connectivity index (χ1) is 16.3. The molecule has 35 heavy (non-hydrogen) atoms. The molecule has 12 N–H and O–H groups in total. The van der Waals surface area contributed by atoms with Crippen molar-refractivity contribution in [3.8, 4) is 0 Å². The van der Waals surface area contributed by atoms with Gasteiger partial charge in [0.1, 0.15) is 24.2 Å². The van der Waals surface area contributed by atoms with Crippen molar-refractivity contribution in [2.24, 2.45) is 17.2 Å². The molecule has 1 aromatic heterocycles. The number of aliphatic carboxylic acids is 1.